The SMILES string of the molecule is COc1ccc(C)cc1C(Cl)c1cc(C)cc(Cl)c1. The summed E-state index contributed by atoms with van der Waals surface area (Å²) in [5.74, 6) is 0.795. The van der Waals surface area contributed by atoms with Gasteiger partial charge >= 0.3 is 0 Å². The Kier molecular flexibility index (Phi) is 4.38. The molecule has 2 aromatic carbocycles. The van der Waals surface area contributed by atoms with E-state index in [0.29, 0.717) is 5.02 Å². The number of methoxy groups -OCH3 is 1. The molecular formula is C16H16Cl2O. The van der Waals surface area contributed by atoms with Crippen LogP contribution in [0.2, 0.25) is 5.02 Å². The zero-order valence-electron chi connectivity index (χ0n) is 11.2. The summed E-state index contributed by atoms with van der Waals surface area (Å²) in [4.78, 5) is 0. The fourth-order valence-corrected chi connectivity index (χ4v) is 2.74. The van der Waals surface area contributed by atoms with Crippen molar-refractivity contribution >= 4 is 23.2 Å². The Labute approximate surface area is 124 Å². The summed E-state index contributed by atoms with van der Waals surface area (Å²) in [6.07, 6.45) is 0. The number of hydrogen-bond acceptors (Lipinski definition) is 1. The summed E-state index contributed by atoms with van der Waals surface area (Å²) in [5.41, 5.74) is 4.20. The average Bonchev–Trinajstić information content (AvgIpc) is 2.36. The van der Waals surface area contributed by atoms with E-state index in [2.05, 4.69) is 0 Å². The highest BCUT2D eigenvalue weighted by Crippen LogP contribution is 2.36. The van der Waals surface area contributed by atoms with Gasteiger partial charge in [0.15, 0.2) is 0 Å². The lowest BCUT2D eigenvalue weighted by molar-refractivity contribution is 0.410. The van der Waals surface area contributed by atoms with E-state index in [1.54, 1.807) is 7.11 Å². The first kappa shape index (κ1) is 14.2. The maximum atomic E-state index is 6.59. The molecule has 2 rings (SSSR count). The third-order valence-corrected chi connectivity index (χ3v) is 3.72. The normalized spacial score (nSPS) is 12.3. The zero-order valence-corrected chi connectivity index (χ0v) is 12.7. The van der Waals surface area contributed by atoms with Crippen LogP contribution < -0.4 is 4.74 Å². The van der Waals surface area contributed by atoms with Gasteiger partial charge in [-0.05, 0) is 43.2 Å². The second-order valence-corrected chi connectivity index (χ2v) is 5.54. The summed E-state index contributed by atoms with van der Waals surface area (Å²) >= 11 is 12.7. The van der Waals surface area contributed by atoms with Gasteiger partial charge in [0.05, 0.1) is 12.5 Å². The summed E-state index contributed by atoms with van der Waals surface area (Å²) in [7, 11) is 1.65. The molecule has 100 valence electrons. The lowest BCUT2D eigenvalue weighted by atomic mass is 10.00. The van der Waals surface area contributed by atoms with Gasteiger partial charge in [-0.1, -0.05) is 35.4 Å². The minimum Gasteiger partial charge on any atom is -0.496 e. The first-order chi connectivity index (χ1) is 9.01. The van der Waals surface area contributed by atoms with Crippen LogP contribution in [0.25, 0.3) is 0 Å². The zero-order chi connectivity index (χ0) is 14.0. The number of hydrogen-bond donors (Lipinski definition) is 0. The molecule has 1 unspecified atom stereocenters. The largest absolute Gasteiger partial charge is 0.496 e. The third kappa shape index (κ3) is 3.23. The Hall–Kier alpha value is -1.18. The van der Waals surface area contributed by atoms with Gasteiger partial charge in [-0.25, -0.2) is 0 Å². The van der Waals surface area contributed by atoms with Crippen LogP contribution >= 0.6 is 23.2 Å². The van der Waals surface area contributed by atoms with Gasteiger partial charge in [-0.3, -0.25) is 0 Å². The van der Waals surface area contributed by atoms with E-state index in [-0.39, 0.29) is 5.38 Å². The minimum absolute atomic E-state index is 0.271. The molecule has 1 nitrogen and oxygen atoms in total. The highest BCUT2D eigenvalue weighted by Gasteiger charge is 2.16. The van der Waals surface area contributed by atoms with Gasteiger partial charge in [0.1, 0.15) is 5.75 Å². The molecule has 0 saturated heterocycles. The summed E-state index contributed by atoms with van der Waals surface area (Å²) in [6, 6.07) is 11.9. The quantitative estimate of drug-likeness (QED) is 0.699. The predicted octanol–water partition coefficient (Wildman–Crippen LogP) is 5.29. The van der Waals surface area contributed by atoms with Crippen LogP contribution in [-0.2, 0) is 0 Å². The van der Waals surface area contributed by atoms with Crippen molar-refractivity contribution in [1.82, 2.24) is 0 Å². The first-order valence-electron chi connectivity index (χ1n) is 6.07. The predicted molar refractivity (Wildman–Crippen MR) is 81.6 cm³/mol. The van der Waals surface area contributed by atoms with Crippen LogP contribution in [-0.4, -0.2) is 7.11 Å². The maximum Gasteiger partial charge on any atom is 0.123 e. The van der Waals surface area contributed by atoms with Crippen LogP contribution in [0, 0.1) is 13.8 Å². The molecule has 2 aromatic rings. The number of ether oxygens (including phenoxy) is 1. The van der Waals surface area contributed by atoms with Crippen molar-refractivity contribution < 1.29 is 4.74 Å². The molecule has 0 N–H and O–H groups in total. The number of alkyl halides is 1. The average molecular weight is 295 g/mol. The van der Waals surface area contributed by atoms with Crippen molar-refractivity contribution in [1.29, 1.82) is 0 Å². The molecule has 0 aliphatic rings. The van der Waals surface area contributed by atoms with Gasteiger partial charge in [0.2, 0.25) is 0 Å². The third-order valence-electron chi connectivity index (χ3n) is 3.02. The molecular weight excluding hydrogens is 279 g/mol. The Bertz CT molecular complexity index is 573. The van der Waals surface area contributed by atoms with Crippen LogP contribution in [0.5, 0.6) is 5.75 Å². The Morgan fingerprint density at radius 1 is 1.00 bits per heavy atom. The summed E-state index contributed by atoms with van der Waals surface area (Å²) < 4.78 is 5.39. The lowest BCUT2D eigenvalue weighted by Crippen LogP contribution is -1.98. The second-order valence-electron chi connectivity index (χ2n) is 4.67. The molecule has 3 heteroatoms. The molecule has 0 aromatic heterocycles. The number of aryl methyl sites for hydroxylation is 2. The lowest BCUT2D eigenvalue weighted by Gasteiger charge is -2.16. The fourth-order valence-electron chi connectivity index (χ4n) is 2.14. The molecule has 19 heavy (non-hydrogen) atoms. The maximum absolute atomic E-state index is 6.59. The Morgan fingerprint density at radius 3 is 2.37 bits per heavy atom. The van der Waals surface area contributed by atoms with E-state index in [0.717, 1.165) is 28.0 Å². The van der Waals surface area contributed by atoms with Gasteiger partial charge in [-0.2, -0.15) is 0 Å². The second kappa shape index (κ2) is 5.85. The van der Waals surface area contributed by atoms with Crippen molar-refractivity contribution in [3.8, 4) is 5.75 Å². The van der Waals surface area contributed by atoms with Crippen LogP contribution in [0.4, 0.5) is 0 Å². The standard InChI is InChI=1S/C16H16Cl2O/c1-10-4-5-15(19-3)14(8-10)16(18)12-6-11(2)7-13(17)9-12/h4-9,16H,1-3H3. The van der Waals surface area contributed by atoms with E-state index in [1.807, 2.05) is 50.2 Å². The van der Waals surface area contributed by atoms with Crippen LogP contribution in [0.3, 0.4) is 0 Å². The first-order valence-corrected chi connectivity index (χ1v) is 6.88. The van der Waals surface area contributed by atoms with Gasteiger partial charge in [0, 0.05) is 10.6 Å². The molecule has 0 bridgehead atoms. The molecule has 0 heterocycles. The van der Waals surface area contributed by atoms with Crippen molar-refractivity contribution in [2.45, 2.75) is 19.2 Å². The number of rotatable bonds is 3. The molecule has 1 atom stereocenters. The molecule has 0 radical (unpaired) electrons. The van der Waals surface area contributed by atoms with Crippen molar-refractivity contribution in [3.05, 3.63) is 63.7 Å². The van der Waals surface area contributed by atoms with E-state index < -0.39 is 0 Å². The van der Waals surface area contributed by atoms with E-state index >= 15 is 0 Å². The number of benzene rings is 2. The topological polar surface area (TPSA) is 9.23 Å². The number of halogens is 2. The molecule has 0 amide bonds. The van der Waals surface area contributed by atoms with Gasteiger partial charge in [-0.15, -0.1) is 11.6 Å². The highest BCUT2D eigenvalue weighted by molar-refractivity contribution is 6.31. The van der Waals surface area contributed by atoms with Crippen molar-refractivity contribution in [2.24, 2.45) is 0 Å². The van der Waals surface area contributed by atoms with Crippen molar-refractivity contribution in [3.63, 3.8) is 0 Å². The smallest absolute Gasteiger partial charge is 0.123 e. The Morgan fingerprint density at radius 2 is 1.74 bits per heavy atom. The van der Waals surface area contributed by atoms with E-state index in [1.165, 1.54) is 0 Å². The molecule has 0 spiro atoms. The molecule has 0 saturated carbocycles. The molecule has 0 fully saturated rings. The monoisotopic (exact) mass is 294 g/mol. The highest BCUT2D eigenvalue weighted by atomic mass is 35.5. The molecule has 0 aliphatic carbocycles. The van der Waals surface area contributed by atoms with E-state index in [9.17, 15) is 0 Å². The molecule has 0 aliphatic heterocycles. The van der Waals surface area contributed by atoms with Gasteiger partial charge in [0.25, 0.3) is 0 Å². The minimum atomic E-state index is -0.271. The fraction of sp³-hybridized carbons (Fsp3) is 0.250. The van der Waals surface area contributed by atoms with Crippen LogP contribution in [0.1, 0.15) is 27.6 Å². The van der Waals surface area contributed by atoms with Crippen LogP contribution in [0.15, 0.2) is 36.4 Å². The van der Waals surface area contributed by atoms with Gasteiger partial charge < -0.3 is 4.74 Å². The Balaban J connectivity index is 2.48. The van der Waals surface area contributed by atoms with E-state index in [4.69, 9.17) is 27.9 Å². The summed E-state index contributed by atoms with van der Waals surface area (Å²) in [6.45, 7) is 4.04. The van der Waals surface area contributed by atoms with Crippen molar-refractivity contribution in [2.75, 3.05) is 7.11 Å². The summed E-state index contributed by atoms with van der Waals surface area (Å²) in [5, 5.41) is 0.430.